The standard InChI is InChI=1S/Hg.Ho.In.Sc.3H. The predicted molar refractivity (Wildman–Crippen MR) is 9.94 cm³/mol. The van der Waals surface area contributed by atoms with Gasteiger partial charge >= 0.3 is 25.8 Å². The minimum Gasteiger partial charge on any atom is 0 e. The second-order valence-electron chi connectivity index (χ2n) is 0. The molecule has 0 aliphatic carbocycles. The van der Waals surface area contributed by atoms with E-state index in [4.69, 9.17) is 0 Å². The van der Waals surface area contributed by atoms with Crippen molar-refractivity contribution >= 4 is 25.8 Å². The molecule has 0 amide bonds. The molecule has 0 atom stereocenters. The van der Waals surface area contributed by atoms with Gasteiger partial charge in [0, 0.05) is 91.3 Å². The van der Waals surface area contributed by atoms with Crippen molar-refractivity contribution in [1.29, 1.82) is 0 Å². The van der Waals surface area contributed by atoms with Gasteiger partial charge in [-0.2, -0.15) is 0 Å². The number of hydrogen-bond acceptors (Lipinski definition) is 0. The van der Waals surface area contributed by atoms with E-state index in [9.17, 15) is 0 Å². The van der Waals surface area contributed by atoms with Gasteiger partial charge in [0.25, 0.3) is 0 Å². The number of hydrogen-bond donors (Lipinski definition) is 0. The van der Waals surface area contributed by atoms with Crippen LogP contribution in [0, 0.1) is 37.7 Å². The first-order valence-corrected chi connectivity index (χ1v) is 0. The van der Waals surface area contributed by atoms with Crippen LogP contribution < -0.4 is 0 Å². The molecule has 0 heterocycles. The molecule has 0 aromatic heterocycles. The van der Waals surface area contributed by atoms with Gasteiger partial charge in [0.2, 0.25) is 0 Å². The Bertz CT molecular complexity index is 8.00. The van der Waals surface area contributed by atoms with Crippen molar-refractivity contribution < 1.29 is 91.3 Å². The fraction of sp³-hybridized carbons (Fsp3) is 0. The van der Waals surface area contributed by atoms with E-state index in [-0.39, 0.29) is 117 Å². The van der Waals surface area contributed by atoms with E-state index < -0.39 is 0 Å². The van der Waals surface area contributed by atoms with Crippen LogP contribution in [0.5, 0.6) is 0 Å². The van der Waals surface area contributed by atoms with E-state index in [0.717, 1.165) is 0 Å². The predicted octanol–water partition coefficient (Wildman–Crippen LogP) is -1.19. The van der Waals surface area contributed by atoms with Crippen molar-refractivity contribution in [2.24, 2.45) is 0 Å². The van der Waals surface area contributed by atoms with E-state index in [1.807, 2.05) is 0 Å². The van der Waals surface area contributed by atoms with Crippen molar-refractivity contribution in [1.82, 2.24) is 0 Å². The SMILES string of the molecule is [Hg].[Ho].[InH3].[Sc]. The second-order valence-corrected chi connectivity index (χ2v) is 0. The van der Waals surface area contributed by atoms with Crippen molar-refractivity contribution in [3.63, 3.8) is 0 Å². The van der Waals surface area contributed by atoms with Crippen LogP contribution in [-0.4, -0.2) is 25.8 Å². The molecule has 22 valence electrons. The zero-order valence-electron chi connectivity index (χ0n) is 1.59. The Balaban J connectivity index is 0. The van der Waals surface area contributed by atoms with E-state index in [0.29, 0.717) is 0 Å². The Hall–Kier alpha value is 3.94. The van der Waals surface area contributed by atoms with Crippen LogP contribution >= 0.6 is 0 Å². The quantitative estimate of drug-likeness (QED) is 0.348. The van der Waals surface area contributed by atoms with E-state index in [1.165, 1.54) is 0 Å². The van der Waals surface area contributed by atoms with Gasteiger partial charge in [-0.25, -0.2) is 0 Å². The molecule has 0 aromatic rings. The summed E-state index contributed by atoms with van der Waals surface area (Å²) in [7, 11) is 0. The molecule has 0 spiro atoms. The van der Waals surface area contributed by atoms with Crippen molar-refractivity contribution in [3.8, 4) is 0 Å². The number of rotatable bonds is 0. The van der Waals surface area contributed by atoms with Gasteiger partial charge in [-0.3, -0.25) is 0 Å². The van der Waals surface area contributed by atoms with Crippen molar-refractivity contribution in [2.75, 3.05) is 0 Å². The molecule has 0 aliphatic heterocycles. The average molecular weight is 528 g/mol. The van der Waals surface area contributed by atoms with Gasteiger partial charge in [-0.1, -0.05) is 0 Å². The van der Waals surface area contributed by atoms with Gasteiger partial charge in [0.15, 0.2) is 0 Å². The van der Waals surface area contributed by atoms with Crippen molar-refractivity contribution in [3.05, 3.63) is 0 Å². The maximum absolute atomic E-state index is 0. The Labute approximate surface area is 114 Å². The van der Waals surface area contributed by atoms with Crippen molar-refractivity contribution in [2.45, 2.75) is 0 Å². The monoisotopic (exact) mass is 530 g/mol. The Morgan fingerprint density at radius 2 is 1.00 bits per heavy atom. The minimum absolute atomic E-state index is 0. The second kappa shape index (κ2) is 15.8. The molecular formula is H3HgHoInSc. The van der Waals surface area contributed by atoms with Crippen LogP contribution in [0.15, 0.2) is 0 Å². The summed E-state index contributed by atoms with van der Waals surface area (Å²) in [5.41, 5.74) is 0. The van der Waals surface area contributed by atoms with Gasteiger partial charge in [0.05, 0.1) is 0 Å². The first-order chi connectivity index (χ1) is 0. The van der Waals surface area contributed by atoms with Crippen LogP contribution in [0.25, 0.3) is 0 Å². The van der Waals surface area contributed by atoms with Gasteiger partial charge in [0.1, 0.15) is 0 Å². The molecule has 4 heavy (non-hydrogen) atoms. The molecule has 0 unspecified atom stereocenters. The van der Waals surface area contributed by atoms with E-state index in [1.54, 1.807) is 0 Å². The maximum atomic E-state index is 0. The molecule has 0 aromatic carbocycles. The van der Waals surface area contributed by atoms with Crippen LogP contribution in [-0.2, 0) is 53.5 Å². The molecule has 0 N–H and O–H groups in total. The minimum atomic E-state index is 0. The van der Waals surface area contributed by atoms with Gasteiger partial charge < -0.3 is 0 Å². The molecule has 0 aliphatic rings. The Kier molecular flexibility index (Phi) is 97.2. The van der Waals surface area contributed by atoms with Crippen LogP contribution in [0.4, 0.5) is 0 Å². The molecule has 2 radical (unpaired) electrons. The Morgan fingerprint density at radius 1 is 1.00 bits per heavy atom. The third-order valence-corrected chi connectivity index (χ3v) is 0. The topological polar surface area (TPSA) is 0 Å². The Morgan fingerprint density at radius 3 is 1.00 bits per heavy atom. The molecular weight excluding hydrogens is 525 g/mol. The molecule has 0 bridgehead atoms. The third kappa shape index (κ3) is 9.33. The molecule has 0 fully saturated rings. The molecule has 0 rings (SSSR count). The summed E-state index contributed by atoms with van der Waals surface area (Å²) in [6.45, 7) is 0. The fourth-order valence-electron chi connectivity index (χ4n) is 0. The molecule has 4 heteroatoms. The normalized spacial score (nSPS) is 0. The van der Waals surface area contributed by atoms with Gasteiger partial charge in [-0.05, 0) is 0 Å². The molecule has 0 saturated heterocycles. The smallest absolute Gasteiger partial charge is 0 e. The largest absolute Gasteiger partial charge is 0 e. The zero-order chi connectivity index (χ0) is 0. The summed E-state index contributed by atoms with van der Waals surface area (Å²) in [5.74, 6) is 0. The van der Waals surface area contributed by atoms with Crippen LogP contribution in [0.3, 0.4) is 0 Å². The maximum Gasteiger partial charge on any atom is 0 e. The molecule has 0 saturated carbocycles. The van der Waals surface area contributed by atoms with Crippen LogP contribution in [0.1, 0.15) is 0 Å². The summed E-state index contributed by atoms with van der Waals surface area (Å²) in [6.07, 6.45) is 0. The van der Waals surface area contributed by atoms with Crippen LogP contribution in [0.2, 0.25) is 0 Å². The summed E-state index contributed by atoms with van der Waals surface area (Å²) < 4.78 is 0. The average Bonchev–Trinajstić information content (AvgIpc) is 0. The summed E-state index contributed by atoms with van der Waals surface area (Å²) in [6, 6.07) is 0. The van der Waals surface area contributed by atoms with Gasteiger partial charge in [-0.15, -0.1) is 0 Å². The fourth-order valence-corrected chi connectivity index (χ4v) is 0. The summed E-state index contributed by atoms with van der Waals surface area (Å²) >= 11 is 0. The van der Waals surface area contributed by atoms with E-state index in [2.05, 4.69) is 0 Å². The first kappa shape index (κ1) is 24.6. The molecule has 0 nitrogen and oxygen atoms in total. The first-order valence-electron chi connectivity index (χ1n) is 0. The summed E-state index contributed by atoms with van der Waals surface area (Å²) in [5, 5.41) is 0. The third-order valence-electron chi connectivity index (χ3n) is 0. The summed E-state index contributed by atoms with van der Waals surface area (Å²) in [4.78, 5) is 0. The zero-order valence-corrected chi connectivity index (χ0v) is 10.8. The van der Waals surface area contributed by atoms with E-state index >= 15 is 0 Å².